The predicted molar refractivity (Wildman–Crippen MR) is 76.3 cm³/mol. The van der Waals surface area contributed by atoms with Crippen LogP contribution in [-0.2, 0) is 6.54 Å². The second-order valence-corrected chi connectivity index (χ2v) is 4.94. The van der Waals surface area contributed by atoms with Gasteiger partial charge in [-0.25, -0.2) is 0 Å². The zero-order valence-corrected chi connectivity index (χ0v) is 11.8. The molecule has 0 atom stereocenters. The van der Waals surface area contributed by atoms with Crippen LogP contribution >= 0.6 is 11.3 Å². The van der Waals surface area contributed by atoms with Crippen LogP contribution in [0.1, 0.15) is 22.3 Å². The van der Waals surface area contributed by atoms with E-state index in [0.717, 1.165) is 5.56 Å². The molecular weight excluding hydrogens is 260 g/mol. The molecule has 100 valence electrons. The molecule has 5 nitrogen and oxygen atoms in total. The van der Waals surface area contributed by atoms with Gasteiger partial charge in [-0.2, -0.15) is 0 Å². The molecule has 0 radical (unpaired) electrons. The van der Waals surface area contributed by atoms with Gasteiger partial charge in [0.2, 0.25) is 10.1 Å². The van der Waals surface area contributed by atoms with Crippen molar-refractivity contribution in [1.82, 2.24) is 15.1 Å². The van der Waals surface area contributed by atoms with Crippen molar-refractivity contribution in [3.63, 3.8) is 0 Å². The van der Waals surface area contributed by atoms with Crippen LogP contribution in [0, 0.1) is 0 Å². The summed E-state index contributed by atoms with van der Waals surface area (Å²) >= 11 is 1.27. The molecular formula is C13H16N4OS. The van der Waals surface area contributed by atoms with E-state index in [1.165, 1.54) is 11.3 Å². The van der Waals surface area contributed by atoms with Crippen molar-refractivity contribution in [2.75, 3.05) is 18.9 Å². The second-order valence-electron chi connectivity index (χ2n) is 3.97. The molecule has 1 amide bonds. The first-order valence-electron chi connectivity index (χ1n) is 6.09. The first-order chi connectivity index (χ1) is 9.24. The summed E-state index contributed by atoms with van der Waals surface area (Å²) in [5, 5.41) is 11.8. The lowest BCUT2D eigenvalue weighted by Crippen LogP contribution is -2.30. The van der Waals surface area contributed by atoms with Gasteiger partial charge >= 0.3 is 0 Å². The number of hydrogen-bond acceptors (Lipinski definition) is 5. The molecule has 0 unspecified atom stereocenters. The molecule has 1 aromatic carbocycles. The maximum Gasteiger partial charge on any atom is 0.285 e. The highest BCUT2D eigenvalue weighted by atomic mass is 32.1. The van der Waals surface area contributed by atoms with Crippen LogP contribution in [0.3, 0.4) is 0 Å². The number of hydrogen-bond donors (Lipinski definition) is 1. The maximum absolute atomic E-state index is 12.3. The fourth-order valence-corrected chi connectivity index (χ4v) is 2.34. The van der Waals surface area contributed by atoms with Crippen LogP contribution in [0.2, 0.25) is 0 Å². The fourth-order valence-electron chi connectivity index (χ4n) is 1.68. The van der Waals surface area contributed by atoms with Gasteiger partial charge in [-0.3, -0.25) is 4.79 Å². The molecule has 0 aliphatic carbocycles. The highest BCUT2D eigenvalue weighted by Gasteiger charge is 2.19. The Balaban J connectivity index is 2.11. The number of nitrogens with zero attached hydrogens (tertiary/aromatic N) is 3. The Kier molecular flexibility index (Phi) is 4.46. The smallest absolute Gasteiger partial charge is 0.285 e. The van der Waals surface area contributed by atoms with Crippen LogP contribution in [0.15, 0.2) is 30.3 Å². The largest absolute Gasteiger partial charge is 0.363 e. The van der Waals surface area contributed by atoms with E-state index in [4.69, 9.17) is 0 Å². The number of carbonyl (C=O) groups is 1. The Morgan fingerprint density at radius 2 is 2.05 bits per heavy atom. The number of benzene rings is 1. The van der Waals surface area contributed by atoms with Gasteiger partial charge in [-0.15, -0.1) is 10.2 Å². The zero-order valence-electron chi connectivity index (χ0n) is 11.0. The van der Waals surface area contributed by atoms with Gasteiger partial charge in [0.1, 0.15) is 0 Å². The lowest BCUT2D eigenvalue weighted by Gasteiger charge is -2.19. The highest BCUT2D eigenvalue weighted by Crippen LogP contribution is 2.17. The summed E-state index contributed by atoms with van der Waals surface area (Å²) in [6.07, 6.45) is 0. The van der Waals surface area contributed by atoms with E-state index in [9.17, 15) is 4.79 Å². The topological polar surface area (TPSA) is 58.1 Å². The van der Waals surface area contributed by atoms with E-state index < -0.39 is 0 Å². The average molecular weight is 276 g/mol. The summed E-state index contributed by atoms with van der Waals surface area (Å²) in [5.74, 6) is -0.0784. The summed E-state index contributed by atoms with van der Waals surface area (Å²) in [7, 11) is 1.76. The molecule has 6 heteroatoms. The third-order valence-electron chi connectivity index (χ3n) is 2.71. The van der Waals surface area contributed by atoms with Gasteiger partial charge in [-0.05, 0) is 12.5 Å². The lowest BCUT2D eigenvalue weighted by atomic mass is 10.2. The third kappa shape index (κ3) is 3.29. The van der Waals surface area contributed by atoms with Crippen molar-refractivity contribution >= 4 is 22.4 Å². The summed E-state index contributed by atoms with van der Waals surface area (Å²) in [6.45, 7) is 3.19. The predicted octanol–water partition coefficient (Wildman–Crippen LogP) is 2.24. The van der Waals surface area contributed by atoms with Crippen LogP contribution in [0.5, 0.6) is 0 Å². The summed E-state index contributed by atoms with van der Waals surface area (Å²) in [4.78, 5) is 14.1. The maximum atomic E-state index is 12.3. The number of amides is 1. The normalized spacial score (nSPS) is 10.2. The van der Waals surface area contributed by atoms with Gasteiger partial charge < -0.3 is 10.2 Å². The van der Waals surface area contributed by atoms with Crippen molar-refractivity contribution < 1.29 is 4.79 Å². The summed E-state index contributed by atoms with van der Waals surface area (Å²) < 4.78 is 0. The van der Waals surface area contributed by atoms with Crippen molar-refractivity contribution in [1.29, 1.82) is 0 Å². The Labute approximate surface area is 116 Å². The molecule has 1 heterocycles. The number of aromatic nitrogens is 2. The first-order valence-corrected chi connectivity index (χ1v) is 6.90. The van der Waals surface area contributed by atoms with Gasteiger partial charge in [0.15, 0.2) is 0 Å². The van der Waals surface area contributed by atoms with E-state index in [-0.39, 0.29) is 5.91 Å². The minimum absolute atomic E-state index is 0.0784. The van der Waals surface area contributed by atoms with E-state index in [1.54, 1.807) is 11.9 Å². The minimum atomic E-state index is -0.0784. The minimum Gasteiger partial charge on any atom is -0.363 e. The van der Waals surface area contributed by atoms with Gasteiger partial charge in [-0.1, -0.05) is 41.7 Å². The molecule has 0 spiro atoms. The fraction of sp³-hybridized carbons (Fsp3) is 0.308. The monoisotopic (exact) mass is 276 g/mol. The van der Waals surface area contributed by atoms with Gasteiger partial charge in [0, 0.05) is 20.1 Å². The van der Waals surface area contributed by atoms with Crippen LogP contribution in [-0.4, -0.2) is 34.6 Å². The molecule has 0 bridgehead atoms. The van der Waals surface area contributed by atoms with Crippen molar-refractivity contribution in [3.8, 4) is 0 Å². The molecule has 19 heavy (non-hydrogen) atoms. The van der Waals surface area contributed by atoms with Crippen LogP contribution in [0.25, 0.3) is 0 Å². The molecule has 0 aliphatic heterocycles. The van der Waals surface area contributed by atoms with Crippen molar-refractivity contribution in [2.45, 2.75) is 13.5 Å². The molecule has 2 rings (SSSR count). The average Bonchev–Trinajstić information content (AvgIpc) is 2.94. The quantitative estimate of drug-likeness (QED) is 0.910. The molecule has 1 aromatic heterocycles. The molecule has 2 aromatic rings. The lowest BCUT2D eigenvalue weighted by molar-refractivity contribution is 0.0751. The van der Waals surface area contributed by atoms with E-state index in [2.05, 4.69) is 15.5 Å². The van der Waals surface area contributed by atoms with Crippen LogP contribution < -0.4 is 5.32 Å². The number of anilines is 1. The first kappa shape index (κ1) is 13.5. The molecule has 1 N–H and O–H groups in total. The second kappa shape index (κ2) is 6.29. The van der Waals surface area contributed by atoms with E-state index >= 15 is 0 Å². The van der Waals surface area contributed by atoms with E-state index in [0.29, 0.717) is 23.2 Å². The van der Waals surface area contributed by atoms with Gasteiger partial charge in [0.25, 0.3) is 5.91 Å². The Morgan fingerprint density at radius 3 is 2.63 bits per heavy atom. The Morgan fingerprint density at radius 1 is 1.32 bits per heavy atom. The number of carbonyl (C=O) groups excluding carboxylic acids is 1. The third-order valence-corrected chi connectivity index (χ3v) is 3.64. The SMILES string of the molecule is CCN(Cc1ccccc1)C(=O)c1nnc(NC)s1. The van der Waals surface area contributed by atoms with Gasteiger partial charge in [0.05, 0.1) is 0 Å². The van der Waals surface area contributed by atoms with Crippen molar-refractivity contribution in [3.05, 3.63) is 40.9 Å². The summed E-state index contributed by atoms with van der Waals surface area (Å²) in [6, 6.07) is 9.92. The standard InChI is InChI=1S/C13H16N4OS/c1-3-17(9-10-7-5-4-6-8-10)12(18)11-15-16-13(14-2)19-11/h4-8H,3,9H2,1-2H3,(H,14,16). The zero-order chi connectivity index (χ0) is 13.7. The number of rotatable bonds is 5. The number of nitrogens with one attached hydrogen (secondary N) is 1. The van der Waals surface area contributed by atoms with E-state index in [1.807, 2.05) is 37.3 Å². The molecule has 0 aliphatic rings. The molecule has 0 saturated carbocycles. The Hall–Kier alpha value is -1.95. The Bertz CT molecular complexity index is 541. The molecule has 0 saturated heterocycles. The van der Waals surface area contributed by atoms with Crippen molar-refractivity contribution in [2.24, 2.45) is 0 Å². The highest BCUT2D eigenvalue weighted by molar-refractivity contribution is 7.17. The molecule has 0 fully saturated rings. The van der Waals surface area contributed by atoms with Crippen LogP contribution in [0.4, 0.5) is 5.13 Å². The summed E-state index contributed by atoms with van der Waals surface area (Å²) in [5.41, 5.74) is 1.11.